The second kappa shape index (κ2) is 9.52. The average molecular weight is 396 g/mol. The number of aliphatic hydroxyl groups excluding tert-OH is 5. The summed E-state index contributed by atoms with van der Waals surface area (Å²) in [5, 5.41) is 52.0. The number of carbonyl (C=O) groups is 1. The van der Waals surface area contributed by atoms with Crippen LogP contribution in [-0.2, 0) is 23.7 Å². The van der Waals surface area contributed by atoms with Crippen molar-refractivity contribution in [2.75, 3.05) is 20.3 Å². The van der Waals surface area contributed by atoms with E-state index in [4.69, 9.17) is 24.7 Å². The quantitative estimate of drug-likeness (QED) is 0.228. The summed E-state index contributed by atoms with van der Waals surface area (Å²) in [4.78, 5) is 11.5. The molecule has 2 saturated heterocycles. The van der Waals surface area contributed by atoms with E-state index in [1.165, 1.54) is 14.0 Å². The average Bonchev–Trinajstić information content (AvgIpc) is 2.63. The van der Waals surface area contributed by atoms with E-state index in [9.17, 15) is 30.3 Å². The highest BCUT2D eigenvalue weighted by molar-refractivity contribution is 5.73. The number of methoxy groups -OCH3 is 1. The van der Waals surface area contributed by atoms with Gasteiger partial charge in [0.25, 0.3) is 0 Å². The van der Waals surface area contributed by atoms with Crippen LogP contribution in [-0.4, -0.2) is 113 Å². The molecule has 2 aliphatic heterocycles. The third-order valence-electron chi connectivity index (χ3n) is 4.71. The highest BCUT2D eigenvalue weighted by atomic mass is 16.7. The predicted molar refractivity (Wildman–Crippen MR) is 87.0 cm³/mol. The molecule has 0 spiro atoms. The second-order valence-corrected chi connectivity index (χ2v) is 6.56. The van der Waals surface area contributed by atoms with E-state index in [-0.39, 0.29) is 0 Å². The Hall–Kier alpha value is -0.930. The number of nitrogens with two attached hydrogens (primary N) is 1. The fourth-order valence-electron chi connectivity index (χ4n) is 3.29. The van der Waals surface area contributed by atoms with E-state index in [0.717, 1.165) is 0 Å². The molecule has 0 bridgehead atoms. The first kappa shape index (κ1) is 22.4. The van der Waals surface area contributed by atoms with Crippen LogP contribution in [0, 0.1) is 0 Å². The molecule has 12 nitrogen and oxygen atoms in total. The molecule has 1 amide bonds. The van der Waals surface area contributed by atoms with Gasteiger partial charge in [0, 0.05) is 14.0 Å². The van der Waals surface area contributed by atoms with Crippen LogP contribution in [0.2, 0.25) is 0 Å². The van der Waals surface area contributed by atoms with E-state index in [1.807, 2.05) is 0 Å². The predicted octanol–water partition coefficient (Wildman–Crippen LogP) is -4.63. The zero-order chi connectivity index (χ0) is 20.3. The lowest BCUT2D eigenvalue weighted by molar-refractivity contribution is -0.327. The van der Waals surface area contributed by atoms with Crippen LogP contribution in [0.3, 0.4) is 0 Å². The van der Waals surface area contributed by atoms with Gasteiger partial charge in [-0.25, -0.2) is 0 Å². The van der Waals surface area contributed by atoms with Crippen molar-refractivity contribution in [3.8, 4) is 0 Å². The van der Waals surface area contributed by atoms with E-state index < -0.39 is 80.4 Å². The van der Waals surface area contributed by atoms with Crippen LogP contribution in [0.5, 0.6) is 0 Å². The van der Waals surface area contributed by atoms with Gasteiger partial charge >= 0.3 is 0 Å². The third kappa shape index (κ3) is 4.74. The normalized spacial score (nSPS) is 45.5. The van der Waals surface area contributed by atoms with Crippen LogP contribution >= 0.6 is 0 Å². The highest BCUT2D eigenvalue weighted by Crippen LogP contribution is 2.29. The lowest BCUT2D eigenvalue weighted by Gasteiger charge is -2.47. The van der Waals surface area contributed by atoms with Gasteiger partial charge in [-0.1, -0.05) is 0 Å². The molecule has 2 aliphatic rings. The number of hydrogen-bond donors (Lipinski definition) is 7. The van der Waals surface area contributed by atoms with Crippen molar-refractivity contribution in [3.05, 3.63) is 0 Å². The Kier molecular flexibility index (Phi) is 7.88. The molecular formula is C15H28N2O10. The van der Waals surface area contributed by atoms with E-state index in [1.54, 1.807) is 0 Å². The Labute approximate surface area is 155 Å². The summed E-state index contributed by atoms with van der Waals surface area (Å²) < 4.78 is 21.6. The van der Waals surface area contributed by atoms with Crippen molar-refractivity contribution in [2.45, 2.75) is 68.2 Å². The molecule has 0 aliphatic carbocycles. The number of aliphatic hydroxyl groups is 5. The third-order valence-corrected chi connectivity index (χ3v) is 4.71. The van der Waals surface area contributed by atoms with Gasteiger partial charge in [-0.2, -0.15) is 0 Å². The van der Waals surface area contributed by atoms with Crippen molar-refractivity contribution >= 4 is 5.91 Å². The molecule has 12 heteroatoms. The van der Waals surface area contributed by atoms with Crippen molar-refractivity contribution in [3.63, 3.8) is 0 Å². The fourth-order valence-corrected chi connectivity index (χ4v) is 3.29. The maximum Gasteiger partial charge on any atom is 0.217 e. The molecule has 0 aromatic heterocycles. The van der Waals surface area contributed by atoms with Crippen molar-refractivity contribution in [1.29, 1.82) is 0 Å². The van der Waals surface area contributed by atoms with Gasteiger partial charge in [-0.3, -0.25) is 4.79 Å². The maximum absolute atomic E-state index is 11.5. The smallest absolute Gasteiger partial charge is 0.217 e. The minimum Gasteiger partial charge on any atom is -0.394 e. The summed E-state index contributed by atoms with van der Waals surface area (Å²) in [5.41, 5.74) is 5.67. The van der Waals surface area contributed by atoms with Crippen molar-refractivity contribution < 1.29 is 49.3 Å². The zero-order valence-corrected chi connectivity index (χ0v) is 15.0. The van der Waals surface area contributed by atoms with Crippen molar-refractivity contribution in [2.24, 2.45) is 5.73 Å². The van der Waals surface area contributed by atoms with Crippen LogP contribution in [0.4, 0.5) is 0 Å². The van der Waals surface area contributed by atoms with Crippen LogP contribution in [0.25, 0.3) is 0 Å². The van der Waals surface area contributed by atoms with Gasteiger partial charge in [0.05, 0.1) is 19.3 Å². The summed E-state index contributed by atoms with van der Waals surface area (Å²) in [6.07, 6.45) is -9.87. The molecular weight excluding hydrogens is 368 g/mol. The number of hydrogen-bond acceptors (Lipinski definition) is 11. The molecule has 158 valence electrons. The van der Waals surface area contributed by atoms with Gasteiger partial charge in [0.1, 0.15) is 42.7 Å². The standard InChI is InChI=1S/C15H28N2O10/c1-5(20)17-9-11(22)12(24-2)6(3-18)26-15(9)27-13-7(4-19)25-14(23)8(16)10(13)21/h6-15,18-19,21-23H,3-4,16H2,1-2H3,(H,17,20)/t6?,7?,8?,9?,10?,11-,12-,13-,14-,15+/m1/s1. The molecule has 0 radical (unpaired) electrons. The lowest BCUT2D eigenvalue weighted by Crippen LogP contribution is -2.68. The Morgan fingerprint density at radius 2 is 1.67 bits per heavy atom. The number of nitrogens with one attached hydrogen (secondary N) is 1. The lowest BCUT2D eigenvalue weighted by atomic mass is 9.95. The monoisotopic (exact) mass is 396 g/mol. The molecule has 0 aromatic carbocycles. The van der Waals surface area contributed by atoms with Crippen molar-refractivity contribution in [1.82, 2.24) is 5.32 Å². The van der Waals surface area contributed by atoms with E-state index in [0.29, 0.717) is 0 Å². The Balaban J connectivity index is 2.24. The summed E-state index contributed by atoms with van der Waals surface area (Å²) in [5.74, 6) is -0.486. The molecule has 27 heavy (non-hydrogen) atoms. The summed E-state index contributed by atoms with van der Waals surface area (Å²) in [6.45, 7) is 0.119. The number of carbonyl (C=O) groups excluding carboxylic acids is 1. The Bertz CT molecular complexity index is 495. The number of amides is 1. The minimum atomic E-state index is -1.51. The molecule has 2 rings (SSSR count). The molecule has 5 unspecified atom stereocenters. The Morgan fingerprint density at radius 3 is 2.19 bits per heavy atom. The van der Waals surface area contributed by atoms with Gasteiger partial charge in [-0.05, 0) is 0 Å². The van der Waals surface area contributed by atoms with Crippen LogP contribution in [0.15, 0.2) is 0 Å². The first-order chi connectivity index (χ1) is 12.7. The van der Waals surface area contributed by atoms with Gasteiger partial charge < -0.3 is 55.5 Å². The maximum atomic E-state index is 11.5. The highest BCUT2D eigenvalue weighted by Gasteiger charge is 2.50. The zero-order valence-electron chi connectivity index (χ0n) is 15.0. The summed E-state index contributed by atoms with van der Waals surface area (Å²) in [7, 11) is 1.31. The molecule has 2 fully saturated rings. The topological polar surface area (TPSA) is 193 Å². The molecule has 8 N–H and O–H groups in total. The number of ether oxygens (including phenoxy) is 4. The van der Waals surface area contributed by atoms with Crippen LogP contribution < -0.4 is 11.1 Å². The molecule has 10 atom stereocenters. The first-order valence-electron chi connectivity index (χ1n) is 8.52. The fraction of sp³-hybridized carbons (Fsp3) is 0.933. The van der Waals surface area contributed by atoms with Crippen LogP contribution in [0.1, 0.15) is 6.92 Å². The van der Waals surface area contributed by atoms with Gasteiger partial charge in [0.2, 0.25) is 5.91 Å². The van der Waals surface area contributed by atoms with E-state index >= 15 is 0 Å². The SMILES string of the molecule is CO[C@@H]1C(CO)O[C@@H](O[C@@H]2C(CO)O[C@@H](O)C(N)C2O)C(NC(C)=O)[C@H]1O. The van der Waals surface area contributed by atoms with Gasteiger partial charge in [-0.15, -0.1) is 0 Å². The second-order valence-electron chi connectivity index (χ2n) is 6.56. The molecule has 0 saturated carbocycles. The summed E-state index contributed by atoms with van der Waals surface area (Å²) >= 11 is 0. The summed E-state index contributed by atoms with van der Waals surface area (Å²) in [6, 6.07) is -2.32. The minimum absolute atomic E-state index is 0.486. The largest absolute Gasteiger partial charge is 0.394 e. The molecule has 0 aromatic rings. The number of rotatable bonds is 6. The van der Waals surface area contributed by atoms with E-state index in [2.05, 4.69) is 5.32 Å². The first-order valence-corrected chi connectivity index (χ1v) is 8.52. The molecule has 2 heterocycles. The Morgan fingerprint density at radius 1 is 1.07 bits per heavy atom. The van der Waals surface area contributed by atoms with Gasteiger partial charge in [0.15, 0.2) is 12.6 Å².